The Kier molecular flexibility index (Phi) is 8.09. The first kappa shape index (κ1) is 26.4. The quantitative estimate of drug-likeness (QED) is 0.206. The summed E-state index contributed by atoms with van der Waals surface area (Å²) in [5.74, 6) is -2.52. The molecule has 2 heterocycles. The molecule has 6 N–H and O–H groups in total. The van der Waals surface area contributed by atoms with Crippen molar-refractivity contribution in [3.8, 4) is 11.5 Å². The van der Waals surface area contributed by atoms with E-state index in [0.29, 0.717) is 26.4 Å². The number of rotatable bonds is 9. The lowest BCUT2D eigenvalue weighted by molar-refractivity contribution is -0.136. The maximum atomic E-state index is 14.7. The van der Waals surface area contributed by atoms with Crippen LogP contribution in [0.1, 0.15) is 21.7 Å². The molecular weight excluding hydrogens is 520 g/mol. The monoisotopic (exact) mass is 541 g/mol. The molecule has 0 saturated heterocycles. The molecule has 3 amide bonds. The molecule has 13 heteroatoms. The zero-order valence-electron chi connectivity index (χ0n) is 19.6. The molecule has 2 aromatic heterocycles. The molecule has 0 fully saturated rings. The summed E-state index contributed by atoms with van der Waals surface area (Å²) in [6.45, 7) is 0.134. The number of thiophene rings is 1. The number of nitrogens with one attached hydrogen (secondary N) is 3. The summed E-state index contributed by atoms with van der Waals surface area (Å²) in [7, 11) is 0. The van der Waals surface area contributed by atoms with Gasteiger partial charge in [0.25, 0.3) is 5.91 Å². The first-order chi connectivity index (χ1) is 18.2. The number of hydrogen-bond acceptors (Lipinski definition) is 7. The number of carboxylic acid groups (broad SMARTS) is 1. The van der Waals surface area contributed by atoms with Crippen molar-refractivity contribution in [2.24, 2.45) is 5.73 Å². The largest absolute Gasteiger partial charge is 0.481 e. The number of halogens is 2. The molecule has 38 heavy (non-hydrogen) atoms. The number of aromatic nitrogens is 1. The van der Waals surface area contributed by atoms with Gasteiger partial charge in [-0.05, 0) is 35.9 Å². The molecule has 4 aromatic rings. The maximum Gasteiger partial charge on any atom is 0.323 e. The molecule has 0 aliphatic carbocycles. The minimum Gasteiger partial charge on any atom is -0.481 e. The second kappa shape index (κ2) is 11.6. The predicted octanol–water partition coefficient (Wildman–Crippen LogP) is 4.67. The summed E-state index contributed by atoms with van der Waals surface area (Å²) in [4.78, 5) is 39.8. The lowest BCUT2D eigenvalue weighted by atomic mass is 10.2. The van der Waals surface area contributed by atoms with Crippen molar-refractivity contribution in [3.63, 3.8) is 0 Å². The van der Waals surface area contributed by atoms with Crippen LogP contribution in [0.3, 0.4) is 0 Å². The van der Waals surface area contributed by atoms with E-state index < -0.39 is 29.5 Å². The van der Waals surface area contributed by atoms with Crippen LogP contribution >= 0.6 is 11.3 Å². The summed E-state index contributed by atoms with van der Waals surface area (Å²) in [6.07, 6.45) is 1.26. The van der Waals surface area contributed by atoms with E-state index in [1.165, 1.54) is 36.5 Å². The normalized spacial score (nSPS) is 10.7. The lowest BCUT2D eigenvalue weighted by Crippen LogP contribution is -2.25. The fourth-order valence-electron chi connectivity index (χ4n) is 3.34. The Balaban J connectivity index is 1.45. The topological polar surface area (TPSA) is 156 Å². The van der Waals surface area contributed by atoms with Gasteiger partial charge in [-0.1, -0.05) is 6.07 Å². The van der Waals surface area contributed by atoms with Crippen LogP contribution in [0.5, 0.6) is 11.5 Å². The molecule has 10 nitrogen and oxygen atoms in total. The van der Waals surface area contributed by atoms with Gasteiger partial charge in [0.2, 0.25) is 0 Å². The number of urea groups is 1. The van der Waals surface area contributed by atoms with Crippen molar-refractivity contribution in [1.29, 1.82) is 0 Å². The molecule has 2 aromatic carbocycles. The summed E-state index contributed by atoms with van der Waals surface area (Å²) in [5, 5.41) is 15.9. The Bertz CT molecular complexity index is 1530. The molecule has 0 spiro atoms. The average molecular weight is 542 g/mol. The highest BCUT2D eigenvalue weighted by atomic mass is 32.1. The molecule has 0 radical (unpaired) electrons. The van der Waals surface area contributed by atoms with Crippen molar-refractivity contribution in [3.05, 3.63) is 76.8 Å². The van der Waals surface area contributed by atoms with Crippen LogP contribution in [0.2, 0.25) is 0 Å². The van der Waals surface area contributed by atoms with E-state index in [-0.39, 0.29) is 36.6 Å². The van der Waals surface area contributed by atoms with Gasteiger partial charge in [0.1, 0.15) is 23.1 Å². The minimum atomic E-state index is -1.03. The SMILES string of the molecule is NCc1ccc(F)c(NC(=O)Nc2ccc(Oc3ccnc4cc(C(=O)NCCC(=O)O)sc34)cc2F)c1. The van der Waals surface area contributed by atoms with E-state index in [4.69, 9.17) is 15.6 Å². The van der Waals surface area contributed by atoms with Crippen LogP contribution in [0.4, 0.5) is 25.0 Å². The summed E-state index contributed by atoms with van der Waals surface area (Å²) >= 11 is 1.09. The van der Waals surface area contributed by atoms with Crippen molar-refractivity contribution in [2.45, 2.75) is 13.0 Å². The Morgan fingerprint density at radius 1 is 1.00 bits per heavy atom. The standard InChI is InChI=1S/C25H21F2N5O5S/c26-15-3-1-13(12-28)9-18(15)32-25(36)31-17-4-2-14(10-16(17)27)37-20-5-7-29-19-11-21(38-23(19)20)24(35)30-8-6-22(33)34/h1-5,7,9-11H,6,8,12,28H2,(H,30,35)(H,33,34)(H2,31,32,36). The van der Waals surface area contributed by atoms with Crippen LogP contribution < -0.4 is 26.4 Å². The van der Waals surface area contributed by atoms with Gasteiger partial charge >= 0.3 is 12.0 Å². The van der Waals surface area contributed by atoms with Crippen molar-refractivity contribution in [2.75, 3.05) is 17.2 Å². The number of pyridine rings is 1. The summed E-state index contributed by atoms with van der Waals surface area (Å²) in [5.41, 5.74) is 6.35. The van der Waals surface area contributed by atoms with Gasteiger partial charge in [-0.15, -0.1) is 11.3 Å². The number of hydrogen-bond donors (Lipinski definition) is 5. The molecule has 0 saturated carbocycles. The number of carbonyl (C=O) groups excluding carboxylic acids is 2. The molecule has 0 bridgehead atoms. The van der Waals surface area contributed by atoms with Gasteiger partial charge in [0.05, 0.1) is 32.9 Å². The zero-order valence-corrected chi connectivity index (χ0v) is 20.4. The summed E-state index contributed by atoms with van der Waals surface area (Å²) in [6, 6.07) is 10.0. The van der Waals surface area contributed by atoms with Crippen LogP contribution in [0, 0.1) is 11.6 Å². The number of carboxylic acids is 1. The zero-order chi connectivity index (χ0) is 27.2. The molecule has 4 rings (SSSR count). The molecule has 196 valence electrons. The van der Waals surface area contributed by atoms with Gasteiger partial charge in [-0.25, -0.2) is 13.6 Å². The highest BCUT2D eigenvalue weighted by Gasteiger charge is 2.16. The number of amides is 3. The highest BCUT2D eigenvalue weighted by Crippen LogP contribution is 2.35. The highest BCUT2D eigenvalue weighted by molar-refractivity contribution is 7.21. The third-order valence-electron chi connectivity index (χ3n) is 5.16. The van der Waals surface area contributed by atoms with Gasteiger partial charge in [0, 0.05) is 31.4 Å². The van der Waals surface area contributed by atoms with E-state index in [1.807, 2.05) is 0 Å². The Labute approximate surface area is 218 Å². The Morgan fingerprint density at radius 2 is 1.79 bits per heavy atom. The van der Waals surface area contributed by atoms with Crippen molar-refractivity contribution < 1.29 is 33.0 Å². The predicted molar refractivity (Wildman–Crippen MR) is 138 cm³/mol. The van der Waals surface area contributed by atoms with Crippen LogP contribution in [0.25, 0.3) is 10.2 Å². The molecule has 0 aliphatic heterocycles. The number of fused-ring (bicyclic) bond motifs is 1. The second-order valence-corrected chi connectivity index (χ2v) is 8.93. The van der Waals surface area contributed by atoms with E-state index in [2.05, 4.69) is 20.9 Å². The van der Waals surface area contributed by atoms with E-state index >= 15 is 0 Å². The third-order valence-corrected chi connectivity index (χ3v) is 6.29. The minimum absolute atomic E-state index is 0.0219. The van der Waals surface area contributed by atoms with Gasteiger partial charge in [-0.2, -0.15) is 0 Å². The average Bonchev–Trinajstić information content (AvgIpc) is 3.32. The molecule has 0 unspecified atom stereocenters. The van der Waals surface area contributed by atoms with Crippen LogP contribution in [-0.4, -0.2) is 34.5 Å². The third kappa shape index (κ3) is 6.38. The number of benzene rings is 2. The fraction of sp³-hybridized carbons (Fsp3) is 0.120. The van der Waals surface area contributed by atoms with Gasteiger partial charge < -0.3 is 31.5 Å². The number of aliphatic carboxylic acids is 1. The summed E-state index contributed by atoms with van der Waals surface area (Å²) < 4.78 is 35.0. The van der Waals surface area contributed by atoms with Gasteiger partial charge in [-0.3, -0.25) is 14.6 Å². The number of ether oxygens (including phenoxy) is 1. The first-order valence-corrected chi connectivity index (χ1v) is 12.0. The van der Waals surface area contributed by atoms with E-state index in [1.54, 1.807) is 12.1 Å². The van der Waals surface area contributed by atoms with Crippen LogP contribution in [-0.2, 0) is 11.3 Å². The van der Waals surface area contributed by atoms with Crippen molar-refractivity contribution >= 4 is 50.8 Å². The van der Waals surface area contributed by atoms with E-state index in [9.17, 15) is 23.2 Å². The molecular formula is C25H21F2N5O5S. The number of anilines is 2. The lowest BCUT2D eigenvalue weighted by Gasteiger charge is -2.12. The molecule has 0 atom stereocenters. The smallest absolute Gasteiger partial charge is 0.323 e. The van der Waals surface area contributed by atoms with Crippen LogP contribution in [0.15, 0.2) is 54.7 Å². The van der Waals surface area contributed by atoms with E-state index in [0.717, 1.165) is 17.4 Å². The van der Waals surface area contributed by atoms with Crippen molar-refractivity contribution in [1.82, 2.24) is 10.3 Å². The molecule has 0 aliphatic rings. The number of nitrogens with two attached hydrogens (primary N) is 1. The first-order valence-electron chi connectivity index (χ1n) is 11.2. The van der Waals surface area contributed by atoms with Gasteiger partial charge in [0.15, 0.2) is 0 Å². The maximum absolute atomic E-state index is 14.7. The fourth-order valence-corrected chi connectivity index (χ4v) is 4.32. The number of carbonyl (C=O) groups is 3. The second-order valence-electron chi connectivity index (χ2n) is 7.87. The number of nitrogens with zero attached hydrogens (tertiary/aromatic N) is 1. The Morgan fingerprint density at radius 3 is 2.53 bits per heavy atom. The Hall–Kier alpha value is -4.62.